The van der Waals surface area contributed by atoms with Crippen LogP contribution in [0, 0.1) is 0 Å². The summed E-state index contributed by atoms with van der Waals surface area (Å²) in [6, 6.07) is 0. The SMILES string of the molecule is CCSCCO[P@](=O)(O)S[S]. The quantitative estimate of drug-likeness (QED) is 0.434. The Morgan fingerprint density at radius 3 is 2.82 bits per heavy atom. The highest BCUT2D eigenvalue weighted by Gasteiger charge is 2.17. The van der Waals surface area contributed by atoms with Gasteiger partial charge in [-0.25, -0.2) is 4.57 Å². The molecule has 0 aromatic rings. The summed E-state index contributed by atoms with van der Waals surface area (Å²) < 4.78 is 15.4. The van der Waals surface area contributed by atoms with Gasteiger partial charge in [0.15, 0.2) is 0 Å². The second-order valence-corrected chi connectivity index (χ2v) is 7.48. The Bertz CT molecular complexity index is 143. The van der Waals surface area contributed by atoms with E-state index in [4.69, 9.17) is 4.89 Å². The minimum Gasteiger partial charge on any atom is -0.316 e. The lowest BCUT2D eigenvalue weighted by Crippen LogP contribution is -1.93. The largest absolute Gasteiger partial charge is 0.397 e. The molecule has 67 valence electrons. The van der Waals surface area contributed by atoms with Gasteiger partial charge >= 0.3 is 6.80 Å². The fourth-order valence-corrected chi connectivity index (χ4v) is 2.10. The molecule has 7 heteroatoms. The molecule has 0 saturated heterocycles. The van der Waals surface area contributed by atoms with Crippen molar-refractivity contribution in [2.75, 3.05) is 18.1 Å². The zero-order valence-electron chi connectivity index (χ0n) is 6.06. The van der Waals surface area contributed by atoms with Crippen LogP contribution in [0.1, 0.15) is 6.92 Å². The summed E-state index contributed by atoms with van der Waals surface area (Å²) in [5.41, 5.74) is 0. The van der Waals surface area contributed by atoms with Crippen LogP contribution in [0.3, 0.4) is 0 Å². The highest BCUT2D eigenvalue weighted by molar-refractivity contribution is 8.93. The Morgan fingerprint density at radius 1 is 1.73 bits per heavy atom. The van der Waals surface area contributed by atoms with E-state index in [9.17, 15) is 4.57 Å². The summed E-state index contributed by atoms with van der Waals surface area (Å²) in [7, 11) is 0.448. The maximum Gasteiger partial charge on any atom is 0.397 e. The minimum absolute atomic E-state index is 0.288. The molecule has 0 fully saturated rings. The average Bonchev–Trinajstić information content (AvgIpc) is 1.99. The maximum absolute atomic E-state index is 10.7. The van der Waals surface area contributed by atoms with Crippen molar-refractivity contribution in [2.24, 2.45) is 0 Å². The Kier molecular flexibility index (Phi) is 7.42. The first-order chi connectivity index (χ1) is 5.12. The first-order valence-corrected chi connectivity index (χ1v) is 8.07. The summed E-state index contributed by atoms with van der Waals surface area (Å²) in [6.07, 6.45) is 0. The molecule has 0 bridgehead atoms. The zero-order valence-corrected chi connectivity index (χ0v) is 9.40. The molecule has 1 atom stereocenters. The predicted octanol–water partition coefficient (Wildman–Crippen LogP) is 2.70. The van der Waals surface area contributed by atoms with Gasteiger partial charge in [0.05, 0.1) is 6.61 Å². The van der Waals surface area contributed by atoms with E-state index in [1.165, 1.54) is 0 Å². The second kappa shape index (κ2) is 6.69. The third kappa shape index (κ3) is 7.56. The molecule has 3 nitrogen and oxygen atoms in total. The lowest BCUT2D eigenvalue weighted by Gasteiger charge is -2.06. The van der Waals surface area contributed by atoms with Gasteiger partial charge in [-0.05, 0) is 17.4 Å². The van der Waals surface area contributed by atoms with Crippen molar-refractivity contribution in [3.8, 4) is 0 Å². The Balaban J connectivity index is 3.31. The van der Waals surface area contributed by atoms with Crippen LogP contribution in [0.2, 0.25) is 0 Å². The molecular formula is C4H10O3PS3. The highest BCUT2D eigenvalue weighted by atomic mass is 33.3. The van der Waals surface area contributed by atoms with Crippen molar-refractivity contribution in [3.63, 3.8) is 0 Å². The van der Waals surface area contributed by atoms with Gasteiger partial charge in [0.1, 0.15) is 0 Å². The van der Waals surface area contributed by atoms with Crippen LogP contribution in [-0.2, 0) is 9.09 Å². The van der Waals surface area contributed by atoms with Crippen molar-refractivity contribution in [2.45, 2.75) is 6.92 Å². The third-order valence-electron chi connectivity index (χ3n) is 0.780. The molecule has 0 aliphatic rings. The summed E-state index contributed by atoms with van der Waals surface area (Å²) in [5, 5.41) is 0. The number of rotatable bonds is 6. The van der Waals surface area contributed by atoms with Gasteiger partial charge in [-0.3, -0.25) is 4.52 Å². The van der Waals surface area contributed by atoms with E-state index in [1.54, 1.807) is 11.8 Å². The summed E-state index contributed by atoms with van der Waals surface area (Å²) in [4.78, 5) is 8.81. The van der Waals surface area contributed by atoms with E-state index in [0.717, 1.165) is 11.5 Å². The molecule has 1 N–H and O–H groups in total. The van der Waals surface area contributed by atoms with Gasteiger partial charge in [0, 0.05) is 16.2 Å². The Labute approximate surface area is 79.8 Å². The number of thioether (sulfide) groups is 1. The lowest BCUT2D eigenvalue weighted by molar-refractivity contribution is 0.294. The molecule has 0 saturated carbocycles. The molecule has 0 amide bonds. The normalized spacial score (nSPS) is 16.3. The molecule has 0 rings (SSSR count). The molecule has 0 aromatic heterocycles. The van der Waals surface area contributed by atoms with E-state index < -0.39 is 6.80 Å². The van der Waals surface area contributed by atoms with Crippen molar-refractivity contribution >= 4 is 40.6 Å². The summed E-state index contributed by atoms with van der Waals surface area (Å²) >= 11 is 6.00. The minimum atomic E-state index is -3.50. The smallest absolute Gasteiger partial charge is 0.316 e. The Hall–Kier alpha value is 1.20. The second-order valence-electron chi connectivity index (χ2n) is 1.57. The van der Waals surface area contributed by atoms with Crippen LogP contribution >= 0.6 is 40.6 Å². The van der Waals surface area contributed by atoms with Gasteiger partial charge in [-0.2, -0.15) is 11.8 Å². The monoisotopic (exact) mass is 233 g/mol. The fraction of sp³-hybridized carbons (Fsp3) is 1.00. The van der Waals surface area contributed by atoms with Crippen molar-refractivity contribution in [1.82, 2.24) is 0 Å². The van der Waals surface area contributed by atoms with E-state index in [-0.39, 0.29) is 6.61 Å². The summed E-state index contributed by atoms with van der Waals surface area (Å²) in [6.45, 7) is -1.19. The average molecular weight is 233 g/mol. The number of hydrogen-bond donors (Lipinski definition) is 1. The van der Waals surface area contributed by atoms with Crippen molar-refractivity contribution in [3.05, 3.63) is 0 Å². The predicted molar refractivity (Wildman–Crippen MR) is 54.0 cm³/mol. The molecule has 0 unspecified atom stereocenters. The topological polar surface area (TPSA) is 46.5 Å². The molecule has 0 spiro atoms. The zero-order chi connectivity index (χ0) is 8.74. The highest BCUT2D eigenvalue weighted by Crippen LogP contribution is 2.57. The van der Waals surface area contributed by atoms with E-state index in [0.29, 0.717) is 10.4 Å². The molecule has 0 aromatic carbocycles. The Morgan fingerprint density at radius 2 is 2.36 bits per heavy atom. The molecule has 0 heterocycles. The standard InChI is InChI=1S/C4H10O3PS3/c1-2-10-4-3-7-8(5,6)11-9/h2-4H2,1H3,(H,5,6). The van der Waals surface area contributed by atoms with E-state index in [2.05, 4.69) is 16.2 Å². The van der Waals surface area contributed by atoms with Crippen LogP contribution in [0.25, 0.3) is 0 Å². The van der Waals surface area contributed by atoms with Crippen LogP contribution in [0.4, 0.5) is 0 Å². The van der Waals surface area contributed by atoms with Crippen molar-refractivity contribution < 1.29 is 14.0 Å². The maximum atomic E-state index is 10.7. The molecule has 11 heavy (non-hydrogen) atoms. The first kappa shape index (κ1) is 12.2. The fourth-order valence-electron chi connectivity index (χ4n) is 0.377. The first-order valence-electron chi connectivity index (χ1n) is 2.99. The van der Waals surface area contributed by atoms with Gasteiger partial charge in [0.2, 0.25) is 0 Å². The van der Waals surface area contributed by atoms with E-state index in [1.807, 2.05) is 6.92 Å². The summed E-state index contributed by atoms with van der Waals surface area (Å²) in [5.74, 6) is 1.72. The molecule has 0 aliphatic carbocycles. The van der Waals surface area contributed by atoms with Gasteiger partial charge in [-0.1, -0.05) is 6.92 Å². The van der Waals surface area contributed by atoms with Gasteiger partial charge < -0.3 is 4.89 Å². The molecule has 1 radical (unpaired) electrons. The van der Waals surface area contributed by atoms with Crippen LogP contribution in [-0.4, -0.2) is 23.0 Å². The molecule has 0 aliphatic heterocycles. The number of hydrogen-bond acceptors (Lipinski definition) is 4. The van der Waals surface area contributed by atoms with Crippen LogP contribution in [0.5, 0.6) is 0 Å². The van der Waals surface area contributed by atoms with E-state index >= 15 is 0 Å². The van der Waals surface area contributed by atoms with Gasteiger partial charge in [0.25, 0.3) is 0 Å². The third-order valence-corrected chi connectivity index (χ3v) is 4.92. The van der Waals surface area contributed by atoms with Crippen LogP contribution < -0.4 is 0 Å². The van der Waals surface area contributed by atoms with Crippen molar-refractivity contribution in [1.29, 1.82) is 0 Å². The van der Waals surface area contributed by atoms with Gasteiger partial charge in [-0.15, -0.1) is 0 Å². The van der Waals surface area contributed by atoms with Crippen LogP contribution in [0.15, 0.2) is 0 Å². The molecular weight excluding hydrogens is 223 g/mol. The lowest BCUT2D eigenvalue weighted by atomic mass is 10.9.